The summed E-state index contributed by atoms with van der Waals surface area (Å²) in [6, 6.07) is 15.6. The summed E-state index contributed by atoms with van der Waals surface area (Å²) in [5, 5.41) is 9.58. The van der Waals surface area contributed by atoms with E-state index in [-0.39, 0.29) is 12.0 Å². The molecule has 33 heavy (non-hydrogen) atoms. The second-order valence-corrected chi connectivity index (χ2v) is 9.44. The number of carbonyl (C=O) groups is 1. The Morgan fingerprint density at radius 1 is 1.06 bits per heavy atom. The van der Waals surface area contributed by atoms with Crippen LogP contribution in [0, 0.1) is 5.92 Å². The van der Waals surface area contributed by atoms with Crippen molar-refractivity contribution in [2.24, 2.45) is 5.92 Å². The van der Waals surface area contributed by atoms with Gasteiger partial charge in [0.05, 0.1) is 12.9 Å². The van der Waals surface area contributed by atoms with Crippen LogP contribution in [-0.4, -0.2) is 40.1 Å². The number of fused-ring (bicyclic) bond motifs is 1. The van der Waals surface area contributed by atoms with Crippen LogP contribution in [0.2, 0.25) is 0 Å². The average molecular weight is 467 g/mol. The Kier molecular flexibility index (Phi) is 7.23. The molecule has 0 aliphatic carbocycles. The lowest BCUT2D eigenvalue weighted by Crippen LogP contribution is -2.30. The van der Waals surface area contributed by atoms with Crippen LogP contribution >= 0.6 is 11.8 Å². The molecule has 1 aromatic heterocycles. The van der Waals surface area contributed by atoms with Crippen molar-refractivity contribution in [1.29, 1.82) is 0 Å². The van der Waals surface area contributed by atoms with E-state index in [4.69, 9.17) is 9.47 Å². The number of thioether (sulfide) groups is 1. The molecule has 2 aromatic carbocycles. The third kappa shape index (κ3) is 5.33. The number of hydrogen-bond acceptors (Lipinski definition) is 6. The Morgan fingerprint density at radius 2 is 1.79 bits per heavy atom. The predicted molar refractivity (Wildman–Crippen MR) is 130 cm³/mol. The molecule has 4 rings (SSSR count). The van der Waals surface area contributed by atoms with Crippen molar-refractivity contribution >= 4 is 23.4 Å². The second kappa shape index (κ2) is 10.3. The number of amides is 1. The third-order valence-electron chi connectivity index (χ3n) is 5.54. The van der Waals surface area contributed by atoms with Crippen LogP contribution in [0.1, 0.15) is 38.3 Å². The molecule has 0 spiro atoms. The summed E-state index contributed by atoms with van der Waals surface area (Å²) >= 11 is 1.43. The molecule has 1 amide bonds. The van der Waals surface area contributed by atoms with Crippen LogP contribution in [0.25, 0.3) is 0 Å². The summed E-state index contributed by atoms with van der Waals surface area (Å²) < 4.78 is 13.4. The van der Waals surface area contributed by atoms with Crippen molar-refractivity contribution in [3.63, 3.8) is 0 Å². The molecule has 1 aliphatic heterocycles. The molecule has 0 saturated heterocycles. The van der Waals surface area contributed by atoms with E-state index >= 15 is 0 Å². The Balaban J connectivity index is 1.46. The van der Waals surface area contributed by atoms with Gasteiger partial charge < -0.3 is 18.9 Å². The maximum atomic E-state index is 13.0. The van der Waals surface area contributed by atoms with Crippen molar-refractivity contribution < 1.29 is 14.3 Å². The van der Waals surface area contributed by atoms with Crippen molar-refractivity contribution in [2.75, 3.05) is 24.3 Å². The van der Waals surface area contributed by atoms with E-state index in [9.17, 15) is 4.79 Å². The van der Waals surface area contributed by atoms with E-state index in [0.29, 0.717) is 11.7 Å². The Labute approximate surface area is 199 Å². The Hall–Kier alpha value is -3.00. The first kappa shape index (κ1) is 23.2. The summed E-state index contributed by atoms with van der Waals surface area (Å²) in [4.78, 5) is 14.8. The number of para-hydroxylation sites is 1. The van der Waals surface area contributed by atoms with Crippen LogP contribution in [-0.2, 0) is 17.8 Å². The maximum absolute atomic E-state index is 13.0. The van der Waals surface area contributed by atoms with Gasteiger partial charge in [-0.3, -0.25) is 4.79 Å². The quantitative estimate of drug-likeness (QED) is 0.424. The third-order valence-corrected chi connectivity index (χ3v) is 6.49. The van der Waals surface area contributed by atoms with Gasteiger partial charge in [-0.2, -0.15) is 0 Å². The monoisotopic (exact) mass is 466 g/mol. The Morgan fingerprint density at radius 3 is 2.52 bits per heavy atom. The normalized spacial score (nSPS) is 13.8. The molecule has 0 bridgehead atoms. The molecule has 8 heteroatoms. The molecule has 7 nitrogen and oxygen atoms in total. The molecular weight excluding hydrogens is 436 g/mol. The van der Waals surface area contributed by atoms with E-state index in [2.05, 4.69) is 34.7 Å². The number of aromatic nitrogens is 3. The molecule has 0 N–H and O–H groups in total. The molecule has 0 radical (unpaired) electrons. The first-order valence-electron chi connectivity index (χ1n) is 11.2. The molecular formula is C25H30N4O3S. The minimum absolute atomic E-state index is 0.0909. The lowest BCUT2D eigenvalue weighted by molar-refractivity contribution is -0.116. The second-order valence-electron chi connectivity index (χ2n) is 8.49. The fraction of sp³-hybridized carbons (Fsp3) is 0.400. The molecule has 174 valence electrons. The summed E-state index contributed by atoms with van der Waals surface area (Å²) in [6.07, 6.45) is 0.612. The number of nitrogens with zero attached hydrogens (tertiary/aromatic N) is 4. The number of rotatable bonds is 9. The molecule has 0 saturated carbocycles. The highest BCUT2D eigenvalue weighted by molar-refractivity contribution is 7.99. The van der Waals surface area contributed by atoms with Gasteiger partial charge in [0.2, 0.25) is 5.91 Å². The minimum Gasteiger partial charge on any atom is -0.497 e. The van der Waals surface area contributed by atoms with E-state index in [0.717, 1.165) is 47.7 Å². The number of methoxy groups -OCH3 is 1. The van der Waals surface area contributed by atoms with Crippen molar-refractivity contribution in [1.82, 2.24) is 14.8 Å². The summed E-state index contributed by atoms with van der Waals surface area (Å²) in [5.74, 6) is 3.07. The van der Waals surface area contributed by atoms with Gasteiger partial charge in [-0.15, -0.1) is 10.2 Å². The van der Waals surface area contributed by atoms with Crippen molar-refractivity contribution in [3.05, 3.63) is 59.9 Å². The summed E-state index contributed by atoms with van der Waals surface area (Å²) in [5.41, 5.74) is 2.25. The van der Waals surface area contributed by atoms with Crippen molar-refractivity contribution in [2.45, 2.75) is 45.0 Å². The SMILES string of the molecule is COc1ccc(OC(C)c2nnc(SCC(=O)N3CCc4ccccc43)n2CC(C)C)cc1. The van der Waals surface area contributed by atoms with Crippen LogP contribution in [0.4, 0.5) is 5.69 Å². The van der Waals surface area contributed by atoms with Gasteiger partial charge in [-0.05, 0) is 55.2 Å². The standard InChI is InChI=1S/C25H30N4O3S/c1-17(2)15-29-24(18(3)32-21-11-9-20(31-4)10-12-21)26-27-25(29)33-16-23(30)28-14-13-19-7-5-6-8-22(19)28/h5-12,17-18H,13-16H2,1-4H3. The number of anilines is 1. The van der Waals surface area contributed by atoms with Crippen LogP contribution in [0.5, 0.6) is 11.5 Å². The van der Waals surface area contributed by atoms with E-state index < -0.39 is 0 Å². The molecule has 1 unspecified atom stereocenters. The van der Waals surface area contributed by atoms with Gasteiger partial charge in [0.25, 0.3) is 0 Å². The fourth-order valence-electron chi connectivity index (χ4n) is 3.96. The van der Waals surface area contributed by atoms with Gasteiger partial charge in [0.1, 0.15) is 11.5 Å². The number of carbonyl (C=O) groups excluding carboxylic acids is 1. The van der Waals surface area contributed by atoms with Gasteiger partial charge >= 0.3 is 0 Å². The first-order valence-corrected chi connectivity index (χ1v) is 12.2. The number of hydrogen-bond donors (Lipinski definition) is 0. The Bertz CT molecular complexity index is 1100. The van der Waals surface area contributed by atoms with Gasteiger partial charge in [-0.25, -0.2) is 0 Å². The van der Waals surface area contributed by atoms with Crippen molar-refractivity contribution in [3.8, 4) is 11.5 Å². The zero-order valence-corrected chi connectivity index (χ0v) is 20.3. The summed E-state index contributed by atoms with van der Waals surface area (Å²) in [6.45, 7) is 7.75. The molecule has 3 aromatic rings. The highest BCUT2D eigenvalue weighted by Gasteiger charge is 2.26. The lowest BCUT2D eigenvalue weighted by Gasteiger charge is -2.19. The van der Waals surface area contributed by atoms with E-state index in [1.807, 2.05) is 54.3 Å². The summed E-state index contributed by atoms with van der Waals surface area (Å²) in [7, 11) is 1.64. The number of ether oxygens (including phenoxy) is 2. The fourth-order valence-corrected chi connectivity index (χ4v) is 4.79. The first-order chi connectivity index (χ1) is 16.0. The van der Waals surface area contributed by atoms with Crippen LogP contribution < -0.4 is 14.4 Å². The van der Waals surface area contributed by atoms with Crippen LogP contribution in [0.15, 0.2) is 53.7 Å². The highest BCUT2D eigenvalue weighted by atomic mass is 32.2. The van der Waals surface area contributed by atoms with E-state index in [1.54, 1.807) is 7.11 Å². The smallest absolute Gasteiger partial charge is 0.237 e. The topological polar surface area (TPSA) is 69.5 Å². The van der Waals surface area contributed by atoms with E-state index in [1.165, 1.54) is 17.3 Å². The zero-order chi connectivity index (χ0) is 23.4. The van der Waals surface area contributed by atoms with Gasteiger partial charge in [0.15, 0.2) is 17.1 Å². The van der Waals surface area contributed by atoms with Gasteiger partial charge in [-0.1, -0.05) is 43.8 Å². The highest BCUT2D eigenvalue weighted by Crippen LogP contribution is 2.30. The minimum atomic E-state index is -0.292. The molecule has 2 heterocycles. The largest absolute Gasteiger partial charge is 0.497 e. The molecule has 0 fully saturated rings. The molecule has 1 atom stereocenters. The van der Waals surface area contributed by atoms with Gasteiger partial charge in [0, 0.05) is 18.8 Å². The number of benzene rings is 2. The molecule has 1 aliphatic rings. The lowest BCUT2D eigenvalue weighted by atomic mass is 10.2. The predicted octanol–water partition coefficient (Wildman–Crippen LogP) is 4.76. The van der Waals surface area contributed by atoms with Crippen LogP contribution in [0.3, 0.4) is 0 Å². The average Bonchev–Trinajstić information content (AvgIpc) is 3.42. The zero-order valence-electron chi connectivity index (χ0n) is 19.5. The maximum Gasteiger partial charge on any atom is 0.237 e.